The van der Waals surface area contributed by atoms with Crippen LogP contribution in [-0.2, 0) is 14.6 Å². The predicted octanol–water partition coefficient (Wildman–Crippen LogP) is 0.710. The fourth-order valence-electron chi connectivity index (χ4n) is 1.43. The lowest BCUT2D eigenvalue weighted by atomic mass is 10.1. The lowest BCUT2D eigenvalue weighted by Gasteiger charge is -2.12. The molecule has 0 aromatic heterocycles. The Morgan fingerprint density at radius 2 is 2.10 bits per heavy atom. The number of aliphatic hydroxyl groups is 1. The van der Waals surface area contributed by atoms with Gasteiger partial charge >= 0.3 is 0 Å². The van der Waals surface area contributed by atoms with E-state index in [4.69, 9.17) is 5.11 Å². The first-order chi connectivity index (χ1) is 9.25. The third kappa shape index (κ3) is 4.37. The third-order valence-corrected chi connectivity index (χ3v) is 4.25. The molecule has 1 aromatic rings. The molecular formula is C14H17NO4S. The Bertz CT molecular complexity index is 668. The van der Waals surface area contributed by atoms with Gasteiger partial charge in [0.2, 0.25) is 5.91 Å². The Labute approximate surface area is 118 Å². The summed E-state index contributed by atoms with van der Waals surface area (Å²) in [4.78, 5) is 11.9. The van der Waals surface area contributed by atoms with Gasteiger partial charge in [0.05, 0.1) is 5.69 Å². The Morgan fingerprint density at radius 1 is 1.45 bits per heavy atom. The van der Waals surface area contributed by atoms with Gasteiger partial charge < -0.3 is 10.4 Å². The van der Waals surface area contributed by atoms with E-state index in [0.717, 1.165) is 11.8 Å². The van der Waals surface area contributed by atoms with Crippen LogP contribution in [0.3, 0.4) is 0 Å². The molecule has 0 fully saturated rings. The van der Waals surface area contributed by atoms with Crippen LogP contribution in [0.25, 0.3) is 0 Å². The van der Waals surface area contributed by atoms with E-state index < -0.39 is 21.0 Å². The van der Waals surface area contributed by atoms with Crippen molar-refractivity contribution in [1.82, 2.24) is 0 Å². The van der Waals surface area contributed by atoms with Gasteiger partial charge in [0.1, 0.15) is 11.9 Å². The highest BCUT2D eigenvalue weighted by molar-refractivity contribution is 7.92. The molecule has 0 bridgehead atoms. The fraction of sp³-hybridized carbons (Fsp3) is 0.357. The summed E-state index contributed by atoms with van der Waals surface area (Å²) >= 11 is 0. The van der Waals surface area contributed by atoms with Gasteiger partial charge in [0.25, 0.3) is 0 Å². The van der Waals surface area contributed by atoms with Crippen LogP contribution in [0, 0.1) is 18.8 Å². The number of anilines is 1. The molecule has 0 aliphatic carbocycles. The minimum atomic E-state index is -3.45. The van der Waals surface area contributed by atoms with Gasteiger partial charge in [-0.25, -0.2) is 8.42 Å². The van der Waals surface area contributed by atoms with Crippen LogP contribution < -0.4 is 5.32 Å². The summed E-state index contributed by atoms with van der Waals surface area (Å²) < 4.78 is 22.7. The van der Waals surface area contributed by atoms with Gasteiger partial charge in [-0.3, -0.25) is 4.79 Å². The second kappa shape index (κ2) is 6.55. The number of sulfone groups is 1. The number of aliphatic hydroxyl groups excluding tert-OH is 1. The number of aryl methyl sites for hydroxylation is 1. The van der Waals surface area contributed by atoms with E-state index in [2.05, 4.69) is 17.2 Å². The van der Waals surface area contributed by atoms with Gasteiger partial charge in [0.15, 0.2) is 9.84 Å². The summed E-state index contributed by atoms with van der Waals surface area (Å²) in [6, 6.07) is 5.23. The quantitative estimate of drug-likeness (QED) is 0.805. The average Bonchev–Trinajstić information content (AvgIpc) is 2.35. The highest BCUT2D eigenvalue weighted by atomic mass is 32.2. The number of carbonyl (C=O) groups is 1. The zero-order valence-electron chi connectivity index (χ0n) is 11.6. The van der Waals surface area contributed by atoms with Crippen molar-refractivity contribution in [2.75, 3.05) is 18.2 Å². The second-order valence-corrected chi connectivity index (χ2v) is 6.84. The van der Waals surface area contributed by atoms with Crippen molar-refractivity contribution in [3.63, 3.8) is 0 Å². The monoisotopic (exact) mass is 295 g/mol. The van der Waals surface area contributed by atoms with Gasteiger partial charge in [-0.15, -0.1) is 0 Å². The molecule has 0 saturated carbocycles. The number of rotatable bonds is 3. The number of hydrogen-bond donors (Lipinski definition) is 2. The Balaban J connectivity index is 3.08. The first kappa shape index (κ1) is 16.2. The largest absolute Gasteiger partial charge is 0.384 e. The standard InChI is InChI=1S/C14H17NO4S/c1-10-6-7-12(5-4-8-16)13(9-10)15-14(17)11(2)20(3,18)19/h6-7,9,11,16H,8H2,1-3H3,(H,15,17). The lowest BCUT2D eigenvalue weighted by Crippen LogP contribution is -2.32. The van der Waals surface area contributed by atoms with E-state index in [9.17, 15) is 13.2 Å². The molecule has 1 aromatic carbocycles. The fourth-order valence-corrected chi connectivity index (χ4v) is 1.88. The highest BCUT2D eigenvalue weighted by Crippen LogP contribution is 2.17. The van der Waals surface area contributed by atoms with Crippen molar-refractivity contribution in [3.8, 4) is 11.8 Å². The molecule has 1 unspecified atom stereocenters. The van der Waals surface area contributed by atoms with Crippen molar-refractivity contribution in [3.05, 3.63) is 29.3 Å². The molecule has 1 atom stereocenters. The van der Waals surface area contributed by atoms with Crippen LogP contribution >= 0.6 is 0 Å². The molecule has 0 aliphatic heterocycles. The lowest BCUT2D eigenvalue weighted by molar-refractivity contribution is -0.115. The molecule has 0 saturated heterocycles. The first-order valence-electron chi connectivity index (χ1n) is 5.96. The maximum absolute atomic E-state index is 11.9. The van der Waals surface area contributed by atoms with E-state index in [1.807, 2.05) is 13.0 Å². The molecule has 0 radical (unpaired) electrons. The molecule has 6 heteroatoms. The maximum Gasteiger partial charge on any atom is 0.242 e. The maximum atomic E-state index is 11.9. The molecule has 0 heterocycles. The zero-order valence-corrected chi connectivity index (χ0v) is 12.4. The summed E-state index contributed by atoms with van der Waals surface area (Å²) in [5.41, 5.74) is 1.87. The van der Waals surface area contributed by atoms with Gasteiger partial charge in [-0.05, 0) is 31.5 Å². The molecule has 2 N–H and O–H groups in total. The van der Waals surface area contributed by atoms with E-state index in [-0.39, 0.29) is 6.61 Å². The Hall–Kier alpha value is -1.84. The number of amides is 1. The normalized spacial score (nSPS) is 12.2. The summed E-state index contributed by atoms with van der Waals surface area (Å²) in [7, 11) is -3.45. The van der Waals surface area contributed by atoms with E-state index in [0.29, 0.717) is 11.3 Å². The summed E-state index contributed by atoms with van der Waals surface area (Å²) in [5.74, 6) is 4.60. The molecule has 108 valence electrons. The molecular weight excluding hydrogens is 278 g/mol. The summed E-state index contributed by atoms with van der Waals surface area (Å²) in [6.07, 6.45) is 1.01. The number of carbonyl (C=O) groups excluding carboxylic acids is 1. The van der Waals surface area contributed by atoms with Crippen molar-refractivity contribution in [1.29, 1.82) is 0 Å². The van der Waals surface area contributed by atoms with Crippen molar-refractivity contribution >= 4 is 21.4 Å². The summed E-state index contributed by atoms with van der Waals surface area (Å²) in [6.45, 7) is 2.89. The van der Waals surface area contributed by atoms with Crippen LogP contribution in [0.4, 0.5) is 5.69 Å². The topological polar surface area (TPSA) is 83.5 Å². The smallest absolute Gasteiger partial charge is 0.242 e. The van der Waals surface area contributed by atoms with E-state index in [1.54, 1.807) is 12.1 Å². The van der Waals surface area contributed by atoms with E-state index >= 15 is 0 Å². The molecule has 1 rings (SSSR count). The van der Waals surface area contributed by atoms with Crippen LogP contribution in [0.2, 0.25) is 0 Å². The number of benzene rings is 1. The van der Waals surface area contributed by atoms with Gasteiger partial charge in [-0.2, -0.15) is 0 Å². The number of hydrogen-bond acceptors (Lipinski definition) is 4. The molecule has 0 spiro atoms. The Kier molecular flexibility index (Phi) is 5.31. The van der Waals surface area contributed by atoms with Crippen molar-refractivity contribution < 1.29 is 18.3 Å². The molecule has 20 heavy (non-hydrogen) atoms. The SMILES string of the molecule is Cc1ccc(C#CCO)c(NC(=O)C(C)S(C)(=O)=O)c1. The predicted molar refractivity (Wildman–Crippen MR) is 78.1 cm³/mol. The van der Waals surface area contributed by atoms with Crippen molar-refractivity contribution in [2.45, 2.75) is 19.1 Å². The summed E-state index contributed by atoms with van der Waals surface area (Å²) in [5, 5.41) is 10.1. The first-order valence-corrected chi connectivity index (χ1v) is 7.91. The second-order valence-electron chi connectivity index (χ2n) is 4.47. The van der Waals surface area contributed by atoms with Crippen LogP contribution in [0.5, 0.6) is 0 Å². The molecule has 5 nitrogen and oxygen atoms in total. The molecule has 0 aliphatic rings. The third-order valence-electron chi connectivity index (χ3n) is 2.75. The molecule has 1 amide bonds. The highest BCUT2D eigenvalue weighted by Gasteiger charge is 2.24. The van der Waals surface area contributed by atoms with Crippen LogP contribution in [-0.4, -0.2) is 37.5 Å². The average molecular weight is 295 g/mol. The van der Waals surface area contributed by atoms with Gasteiger partial charge in [-0.1, -0.05) is 17.9 Å². The van der Waals surface area contributed by atoms with Crippen LogP contribution in [0.15, 0.2) is 18.2 Å². The van der Waals surface area contributed by atoms with Gasteiger partial charge in [0, 0.05) is 11.8 Å². The van der Waals surface area contributed by atoms with Crippen LogP contribution in [0.1, 0.15) is 18.1 Å². The zero-order chi connectivity index (χ0) is 15.3. The van der Waals surface area contributed by atoms with E-state index in [1.165, 1.54) is 6.92 Å². The minimum Gasteiger partial charge on any atom is -0.384 e. The minimum absolute atomic E-state index is 0.291. The van der Waals surface area contributed by atoms with Crippen molar-refractivity contribution in [2.24, 2.45) is 0 Å². The number of nitrogens with one attached hydrogen (secondary N) is 1. The Morgan fingerprint density at radius 3 is 2.65 bits per heavy atom.